The highest BCUT2D eigenvalue weighted by Crippen LogP contribution is 2.31. The van der Waals surface area contributed by atoms with Gasteiger partial charge in [0.05, 0.1) is 6.61 Å². The number of nitrogens with two attached hydrogens (primary N) is 2. The maximum atomic E-state index is 12.2. The maximum absolute atomic E-state index is 12.2. The van der Waals surface area contributed by atoms with Gasteiger partial charge in [0.25, 0.3) is 17.5 Å². The van der Waals surface area contributed by atoms with Gasteiger partial charge < -0.3 is 27.2 Å². The Labute approximate surface area is 124 Å². The summed E-state index contributed by atoms with van der Waals surface area (Å²) in [6, 6.07) is 0. The quantitative estimate of drug-likeness (QED) is 0.167. The monoisotopic (exact) mass is 320 g/mol. The number of rotatable bonds is 8. The van der Waals surface area contributed by atoms with Crippen LogP contribution in [0, 0.1) is 0 Å². The maximum Gasteiger partial charge on any atom is 0.447 e. The largest absolute Gasteiger partial charge is 0.447 e. The molecule has 120 valence electrons. The summed E-state index contributed by atoms with van der Waals surface area (Å²) >= 11 is 0. The van der Waals surface area contributed by atoms with Gasteiger partial charge in [-0.2, -0.15) is 0 Å². The molecule has 0 bridgehead atoms. The molecule has 0 radical (unpaired) electrons. The summed E-state index contributed by atoms with van der Waals surface area (Å²) in [5.41, 5.74) is 8.43. The molecule has 1 heterocycles. The summed E-state index contributed by atoms with van der Waals surface area (Å²) in [7, 11) is -2.27. The number of aliphatic hydroxyl groups excluding tert-OH is 1. The number of piperidine rings is 1. The number of hydrogen-bond donors (Lipinski definition) is 6. The van der Waals surface area contributed by atoms with Crippen molar-refractivity contribution in [2.24, 2.45) is 11.5 Å². The predicted octanol–water partition coefficient (Wildman–Crippen LogP) is -2.29. The molecule has 1 aliphatic rings. The van der Waals surface area contributed by atoms with Crippen LogP contribution in [0.1, 0.15) is 19.3 Å². The summed E-state index contributed by atoms with van der Waals surface area (Å²) < 4.78 is 12.2. The number of hydrogen-bond acceptors (Lipinski definition) is 6. The first kappa shape index (κ1) is 17.9. The van der Waals surface area contributed by atoms with Gasteiger partial charge in [0, 0.05) is 19.5 Å². The third-order valence-electron chi connectivity index (χ3n) is 3.17. The van der Waals surface area contributed by atoms with Crippen LogP contribution in [0.4, 0.5) is 0 Å². The van der Waals surface area contributed by atoms with Gasteiger partial charge in [0.1, 0.15) is 0 Å². The fraction of sp³-hybridized carbons (Fsp3) is 0.818. The zero-order chi connectivity index (χ0) is 15.9. The van der Waals surface area contributed by atoms with Gasteiger partial charge >= 0.3 is 7.95 Å². The molecule has 0 aromatic rings. The van der Waals surface area contributed by atoms with Crippen molar-refractivity contribution >= 4 is 19.8 Å². The molecule has 1 fully saturated rings. The fourth-order valence-corrected chi connectivity index (χ4v) is 3.32. The number of carbonyl (C=O) groups excluding carboxylic acids is 2. The molecule has 8 N–H and O–H groups in total. The van der Waals surface area contributed by atoms with Crippen LogP contribution in [-0.4, -0.2) is 54.5 Å². The van der Waals surface area contributed by atoms with Crippen LogP contribution in [-0.2, 0) is 14.2 Å². The standard InChI is InChI=1S/C11H22N5O4P/c12-4-2-6-15-10(19)11(13,7-17)16-21(20)8-3-1-5-14-9(8)18/h8,17H,1-7,12-13H2,(H2-,14,15,16,18,19,20)/p+1/t8-,11?/m0/s1. The highest BCUT2D eigenvalue weighted by atomic mass is 31.1. The molecule has 0 aromatic carbocycles. The zero-order valence-corrected chi connectivity index (χ0v) is 12.7. The molecule has 0 aromatic heterocycles. The average Bonchev–Trinajstić information content (AvgIpc) is 2.47. The van der Waals surface area contributed by atoms with Crippen LogP contribution in [0.3, 0.4) is 0 Å². The van der Waals surface area contributed by atoms with E-state index in [1.54, 1.807) is 0 Å². The predicted molar refractivity (Wildman–Crippen MR) is 77.5 cm³/mol. The Morgan fingerprint density at radius 1 is 1.57 bits per heavy atom. The second-order valence-electron chi connectivity index (χ2n) is 4.91. The van der Waals surface area contributed by atoms with Crippen molar-refractivity contribution in [3.8, 4) is 0 Å². The lowest BCUT2D eigenvalue weighted by Crippen LogP contribution is -2.64. The molecule has 0 saturated carbocycles. The van der Waals surface area contributed by atoms with E-state index in [0.717, 1.165) is 0 Å². The van der Waals surface area contributed by atoms with Crippen LogP contribution in [0.5, 0.6) is 0 Å². The van der Waals surface area contributed by atoms with Crippen molar-refractivity contribution in [2.75, 3.05) is 26.2 Å². The minimum atomic E-state index is -2.27. The highest BCUT2D eigenvalue weighted by Gasteiger charge is 2.47. The first-order valence-electron chi connectivity index (χ1n) is 6.84. The molecule has 2 unspecified atom stereocenters. The van der Waals surface area contributed by atoms with Crippen LogP contribution >= 0.6 is 7.95 Å². The Balaban J connectivity index is 2.63. The molecule has 0 spiro atoms. The Morgan fingerprint density at radius 3 is 2.86 bits per heavy atom. The van der Waals surface area contributed by atoms with E-state index in [-0.39, 0.29) is 5.91 Å². The summed E-state index contributed by atoms with van der Waals surface area (Å²) in [4.78, 5) is 23.6. The highest BCUT2D eigenvalue weighted by molar-refractivity contribution is 7.44. The van der Waals surface area contributed by atoms with Gasteiger partial charge in [0.15, 0.2) is 0 Å². The number of amides is 2. The Kier molecular flexibility index (Phi) is 7.13. The smallest absolute Gasteiger partial charge is 0.392 e. The van der Waals surface area contributed by atoms with E-state index < -0.39 is 31.8 Å². The SMILES string of the molecule is NCCCNC(=O)C(N)(CO)N[P+](=O)[C@H]1CCCNC1=O. The van der Waals surface area contributed by atoms with Crippen molar-refractivity contribution in [3.63, 3.8) is 0 Å². The summed E-state index contributed by atoms with van der Waals surface area (Å²) in [6.45, 7) is 0.514. The second kappa shape index (κ2) is 8.35. The molecule has 1 aliphatic heterocycles. The Morgan fingerprint density at radius 2 is 2.29 bits per heavy atom. The summed E-state index contributed by atoms with van der Waals surface area (Å²) in [5.74, 6) is -1.02. The Bertz CT molecular complexity index is 408. The normalized spacial score (nSPS) is 22.1. The third-order valence-corrected chi connectivity index (χ3v) is 4.85. The van der Waals surface area contributed by atoms with E-state index in [1.807, 2.05) is 0 Å². The number of carbonyl (C=O) groups is 2. The first-order chi connectivity index (χ1) is 9.94. The van der Waals surface area contributed by atoms with Gasteiger partial charge in [-0.1, -0.05) is 5.09 Å². The lowest BCUT2D eigenvalue weighted by Gasteiger charge is -2.23. The fourth-order valence-electron chi connectivity index (χ4n) is 1.87. The third kappa shape index (κ3) is 4.98. The van der Waals surface area contributed by atoms with Crippen LogP contribution in [0.2, 0.25) is 0 Å². The molecule has 3 atom stereocenters. The van der Waals surface area contributed by atoms with Gasteiger partial charge in [-0.05, 0) is 24.0 Å². The van der Waals surface area contributed by atoms with Crippen LogP contribution < -0.4 is 27.2 Å². The molecule has 2 amide bonds. The minimum absolute atomic E-state index is 0.302. The molecular formula is C11H23N5O4P+. The van der Waals surface area contributed by atoms with E-state index in [2.05, 4.69) is 15.7 Å². The van der Waals surface area contributed by atoms with Gasteiger partial charge in [-0.15, -0.1) is 0 Å². The topological polar surface area (TPSA) is 160 Å². The number of nitrogens with one attached hydrogen (secondary N) is 3. The minimum Gasteiger partial charge on any atom is -0.392 e. The van der Waals surface area contributed by atoms with Crippen molar-refractivity contribution in [3.05, 3.63) is 0 Å². The number of aliphatic hydroxyl groups is 1. The summed E-state index contributed by atoms with van der Waals surface area (Å²) in [6.07, 6.45) is 1.72. The van der Waals surface area contributed by atoms with Gasteiger partial charge in [-0.3, -0.25) is 9.59 Å². The molecule has 10 heteroatoms. The van der Waals surface area contributed by atoms with E-state index in [0.29, 0.717) is 38.9 Å². The van der Waals surface area contributed by atoms with E-state index in [4.69, 9.17) is 11.5 Å². The van der Waals surface area contributed by atoms with Gasteiger partial charge in [0.2, 0.25) is 5.66 Å². The second-order valence-corrected chi connectivity index (χ2v) is 6.41. The summed E-state index contributed by atoms with van der Waals surface area (Å²) in [5, 5.41) is 16.8. The van der Waals surface area contributed by atoms with Crippen LogP contribution in [0.25, 0.3) is 0 Å². The van der Waals surface area contributed by atoms with Crippen LogP contribution in [0.15, 0.2) is 0 Å². The van der Waals surface area contributed by atoms with E-state index >= 15 is 0 Å². The molecule has 0 aliphatic carbocycles. The molecular weight excluding hydrogens is 297 g/mol. The molecule has 1 saturated heterocycles. The van der Waals surface area contributed by atoms with E-state index in [1.165, 1.54) is 0 Å². The van der Waals surface area contributed by atoms with Crippen molar-refractivity contribution in [1.82, 2.24) is 15.7 Å². The lowest BCUT2D eigenvalue weighted by atomic mass is 10.1. The van der Waals surface area contributed by atoms with E-state index in [9.17, 15) is 19.3 Å². The van der Waals surface area contributed by atoms with Crippen molar-refractivity contribution in [2.45, 2.75) is 30.6 Å². The molecule has 21 heavy (non-hydrogen) atoms. The van der Waals surface area contributed by atoms with Crippen molar-refractivity contribution < 1.29 is 19.3 Å². The zero-order valence-electron chi connectivity index (χ0n) is 11.8. The Hall–Kier alpha value is -1.12. The first-order valence-corrected chi connectivity index (χ1v) is 8.17. The van der Waals surface area contributed by atoms with Crippen molar-refractivity contribution in [1.29, 1.82) is 0 Å². The lowest BCUT2D eigenvalue weighted by molar-refractivity contribution is -0.128. The average molecular weight is 320 g/mol. The molecule has 1 rings (SSSR count). The van der Waals surface area contributed by atoms with Gasteiger partial charge in [-0.25, -0.2) is 0 Å². The molecule has 9 nitrogen and oxygen atoms in total.